The van der Waals surface area contributed by atoms with Gasteiger partial charge < -0.3 is 0 Å². The number of aryl methyl sites for hydroxylation is 1. The molecule has 0 saturated heterocycles. The molecule has 0 unspecified atom stereocenters. The van der Waals surface area contributed by atoms with Crippen molar-refractivity contribution in [3.05, 3.63) is 35.5 Å². The molecule has 0 aromatic carbocycles. The van der Waals surface area contributed by atoms with Crippen LogP contribution in [0.2, 0.25) is 14.8 Å². The number of halogens is 1. The third-order valence-electron chi connectivity index (χ3n) is 5.21. The van der Waals surface area contributed by atoms with Gasteiger partial charge in [-0.3, -0.25) is 0 Å². The van der Waals surface area contributed by atoms with Crippen LogP contribution in [0.25, 0.3) is 0 Å². The molecule has 128 valence electrons. The Kier molecular flexibility index (Phi) is 3.78. The summed E-state index contributed by atoms with van der Waals surface area (Å²) in [7, 11) is 1.83. The molecule has 2 aromatic heterocycles. The SMILES string of the molecule is Cn1cnnc1[C@](F)(c1cc(C2CC2)n[c]([Sn]([CH3])([CH3])[CH3])c1)C1CC1. The zero-order valence-corrected chi connectivity index (χ0v) is 17.7. The van der Waals surface area contributed by atoms with E-state index in [4.69, 9.17) is 4.98 Å². The maximum absolute atomic E-state index is 16.4. The Morgan fingerprint density at radius 2 is 1.88 bits per heavy atom. The van der Waals surface area contributed by atoms with Crippen LogP contribution in [0.5, 0.6) is 0 Å². The van der Waals surface area contributed by atoms with E-state index in [0.717, 1.165) is 24.1 Å². The predicted octanol–water partition coefficient (Wildman–Crippen LogP) is 3.26. The summed E-state index contributed by atoms with van der Waals surface area (Å²) >= 11 is -2.40. The predicted molar refractivity (Wildman–Crippen MR) is 94.8 cm³/mol. The van der Waals surface area contributed by atoms with Gasteiger partial charge in [0.05, 0.1) is 0 Å². The van der Waals surface area contributed by atoms with Crippen molar-refractivity contribution in [1.82, 2.24) is 19.7 Å². The van der Waals surface area contributed by atoms with E-state index in [1.165, 1.54) is 16.6 Å². The molecule has 2 heterocycles. The molecular formula is C18H25FN4Sn. The second kappa shape index (κ2) is 5.51. The Morgan fingerprint density at radius 1 is 1.17 bits per heavy atom. The Balaban J connectivity index is 1.89. The minimum absolute atomic E-state index is 0.0119. The van der Waals surface area contributed by atoms with Crippen molar-refractivity contribution < 1.29 is 4.39 Å². The first-order chi connectivity index (χ1) is 11.3. The molecule has 2 aromatic rings. The van der Waals surface area contributed by atoms with Crippen molar-refractivity contribution in [2.75, 3.05) is 0 Å². The van der Waals surface area contributed by atoms with E-state index in [9.17, 15) is 0 Å². The first kappa shape index (κ1) is 16.5. The second-order valence-corrected chi connectivity index (χ2v) is 22.7. The fourth-order valence-electron chi connectivity index (χ4n) is 3.38. The average molecular weight is 435 g/mol. The van der Waals surface area contributed by atoms with Crippen molar-refractivity contribution in [2.45, 2.75) is 52.1 Å². The third-order valence-corrected chi connectivity index (χ3v) is 10.3. The molecule has 0 N–H and O–H groups in total. The van der Waals surface area contributed by atoms with Gasteiger partial charge in [0, 0.05) is 0 Å². The van der Waals surface area contributed by atoms with Gasteiger partial charge in [-0.1, -0.05) is 0 Å². The maximum atomic E-state index is 16.4. The van der Waals surface area contributed by atoms with E-state index in [1.807, 2.05) is 13.1 Å². The molecular weight excluding hydrogens is 410 g/mol. The summed E-state index contributed by atoms with van der Waals surface area (Å²) in [6.07, 6.45) is 5.79. The van der Waals surface area contributed by atoms with Gasteiger partial charge in [0.2, 0.25) is 0 Å². The van der Waals surface area contributed by atoms with Crippen molar-refractivity contribution >= 4 is 22.1 Å². The van der Waals surface area contributed by atoms with E-state index in [1.54, 1.807) is 10.9 Å². The number of nitrogens with zero attached hydrogens (tertiary/aromatic N) is 4. The molecule has 0 aliphatic heterocycles. The molecule has 0 amide bonds. The van der Waals surface area contributed by atoms with Crippen LogP contribution in [0.1, 0.15) is 48.7 Å². The third kappa shape index (κ3) is 2.78. The molecule has 0 bridgehead atoms. The number of rotatable bonds is 5. The summed E-state index contributed by atoms with van der Waals surface area (Å²) in [6.45, 7) is 0. The van der Waals surface area contributed by atoms with Crippen LogP contribution in [0.4, 0.5) is 4.39 Å². The van der Waals surface area contributed by atoms with Crippen molar-refractivity contribution in [2.24, 2.45) is 13.0 Å². The normalized spacial score (nSPS) is 20.9. The van der Waals surface area contributed by atoms with Crippen molar-refractivity contribution in [3.63, 3.8) is 0 Å². The molecule has 1 atom stereocenters. The Hall–Kier alpha value is -0.981. The van der Waals surface area contributed by atoms with Crippen LogP contribution in [0.3, 0.4) is 0 Å². The van der Waals surface area contributed by atoms with Gasteiger partial charge >= 0.3 is 147 Å². The Morgan fingerprint density at radius 3 is 2.38 bits per heavy atom. The molecule has 2 aliphatic rings. The number of pyridine rings is 1. The molecule has 24 heavy (non-hydrogen) atoms. The van der Waals surface area contributed by atoms with E-state index >= 15 is 4.39 Å². The summed E-state index contributed by atoms with van der Waals surface area (Å²) in [5.74, 6) is 0.978. The number of aromatic nitrogens is 4. The van der Waals surface area contributed by atoms with Crippen LogP contribution in [-0.4, -0.2) is 38.1 Å². The topological polar surface area (TPSA) is 43.6 Å². The standard InChI is InChI=1S/C15H16FN4.3CH3.Sn/c1-20-9-18-19-14(20)15(16,11-4-5-11)12-6-7-17-13(8-12)10-2-3-10;;;;/h6,8-11H,2-5H2,1H3;3*1H3;/t15-;;;;/m1..../s1. The fraction of sp³-hybridized carbons (Fsp3) is 0.611. The summed E-state index contributed by atoms with van der Waals surface area (Å²) in [5, 5.41) is 8.08. The number of hydrogen-bond acceptors (Lipinski definition) is 3. The molecule has 2 aliphatic carbocycles. The van der Waals surface area contributed by atoms with Gasteiger partial charge in [-0.15, -0.1) is 0 Å². The zero-order chi connectivity index (χ0) is 17.1. The molecule has 2 saturated carbocycles. The van der Waals surface area contributed by atoms with Crippen LogP contribution >= 0.6 is 0 Å². The van der Waals surface area contributed by atoms with Crippen LogP contribution in [0, 0.1) is 5.92 Å². The average Bonchev–Trinajstić information content (AvgIpc) is 3.43. The van der Waals surface area contributed by atoms with Crippen LogP contribution in [-0.2, 0) is 12.7 Å². The summed E-state index contributed by atoms with van der Waals surface area (Å²) < 4.78 is 19.3. The van der Waals surface area contributed by atoms with Crippen molar-refractivity contribution in [1.29, 1.82) is 0 Å². The molecule has 6 heteroatoms. The van der Waals surface area contributed by atoms with E-state index in [-0.39, 0.29) is 5.92 Å². The number of hydrogen-bond donors (Lipinski definition) is 0. The van der Waals surface area contributed by atoms with Gasteiger partial charge in [-0.2, -0.15) is 0 Å². The first-order valence-corrected chi connectivity index (χ1v) is 18.9. The molecule has 0 radical (unpaired) electrons. The van der Waals surface area contributed by atoms with Gasteiger partial charge in [0.1, 0.15) is 0 Å². The molecule has 0 spiro atoms. The Bertz CT molecular complexity index is 774. The summed E-state index contributed by atoms with van der Waals surface area (Å²) in [5.41, 5.74) is 0.322. The fourth-order valence-corrected chi connectivity index (χ4v) is 6.38. The van der Waals surface area contributed by atoms with E-state index < -0.39 is 24.0 Å². The molecule has 4 rings (SSSR count). The monoisotopic (exact) mass is 436 g/mol. The van der Waals surface area contributed by atoms with E-state index in [0.29, 0.717) is 11.7 Å². The Labute approximate surface area is 146 Å². The quantitative estimate of drug-likeness (QED) is 0.678. The van der Waals surface area contributed by atoms with Gasteiger partial charge in [0.15, 0.2) is 0 Å². The van der Waals surface area contributed by atoms with Gasteiger partial charge in [-0.05, 0) is 0 Å². The minimum atomic E-state index is -2.40. The molecule has 4 nitrogen and oxygen atoms in total. The number of alkyl halides is 1. The first-order valence-electron chi connectivity index (χ1n) is 8.86. The zero-order valence-electron chi connectivity index (χ0n) is 14.9. The van der Waals surface area contributed by atoms with Crippen LogP contribution in [0.15, 0.2) is 18.5 Å². The van der Waals surface area contributed by atoms with Crippen molar-refractivity contribution in [3.8, 4) is 0 Å². The summed E-state index contributed by atoms with van der Waals surface area (Å²) in [4.78, 5) is 12.0. The van der Waals surface area contributed by atoms with Gasteiger partial charge in [0.25, 0.3) is 0 Å². The second-order valence-electron chi connectivity index (χ2n) is 8.44. The van der Waals surface area contributed by atoms with Crippen LogP contribution < -0.4 is 3.71 Å². The summed E-state index contributed by atoms with van der Waals surface area (Å²) in [6, 6.07) is 4.07. The van der Waals surface area contributed by atoms with Gasteiger partial charge in [-0.25, -0.2) is 0 Å². The van der Waals surface area contributed by atoms with E-state index in [2.05, 4.69) is 31.1 Å². The molecule has 2 fully saturated rings.